The predicted molar refractivity (Wildman–Crippen MR) is 97.8 cm³/mol. The molecule has 0 radical (unpaired) electrons. The molecule has 2 aromatic carbocycles. The van der Waals surface area contributed by atoms with E-state index in [1.165, 1.54) is 24.3 Å². The van der Waals surface area contributed by atoms with Crippen molar-refractivity contribution < 1.29 is 22.8 Å². The molecule has 0 spiro atoms. The van der Waals surface area contributed by atoms with E-state index < -0.39 is 11.9 Å². The van der Waals surface area contributed by atoms with Crippen LogP contribution in [0.5, 0.6) is 5.75 Å². The zero-order chi connectivity index (χ0) is 19.4. The van der Waals surface area contributed by atoms with Crippen molar-refractivity contribution >= 4 is 12.2 Å². The van der Waals surface area contributed by atoms with Crippen LogP contribution < -0.4 is 9.64 Å². The third-order valence-corrected chi connectivity index (χ3v) is 4.24. The smallest absolute Gasteiger partial charge is 0.292 e. The highest BCUT2D eigenvalue weighted by Gasteiger charge is 2.18. The Morgan fingerprint density at radius 3 is 2.59 bits per heavy atom. The summed E-state index contributed by atoms with van der Waals surface area (Å²) in [4.78, 5) is 1.30. The molecule has 0 aliphatic heterocycles. The molecule has 27 heavy (non-hydrogen) atoms. The molecule has 3 rings (SSSR count). The molecule has 5 nitrogen and oxygen atoms in total. The summed E-state index contributed by atoms with van der Waals surface area (Å²) in [5.41, 5.74) is 1.00. The number of rotatable bonds is 7. The van der Waals surface area contributed by atoms with Gasteiger partial charge in [-0.1, -0.05) is 24.3 Å². The van der Waals surface area contributed by atoms with Gasteiger partial charge in [-0.3, -0.25) is 0 Å². The highest BCUT2D eigenvalue weighted by Crippen LogP contribution is 2.23. The molecule has 1 N–H and O–H groups in total. The molecule has 0 fully saturated rings. The number of benzene rings is 2. The monoisotopic (exact) mass is 392 g/mol. The van der Waals surface area contributed by atoms with Crippen molar-refractivity contribution in [2.24, 2.45) is 0 Å². The highest BCUT2D eigenvalue weighted by molar-refractivity contribution is 7.71. The maximum absolute atomic E-state index is 13.7. The topological polar surface area (TPSA) is 44.6 Å². The normalized spacial score (nSPS) is 13.3. The number of para-hydroxylation sites is 1. The number of hydrogen-bond acceptors (Lipinski definition) is 4. The lowest BCUT2D eigenvalue weighted by molar-refractivity contribution is -0.917. The minimum Gasteiger partial charge on any atom is -0.478 e. The van der Waals surface area contributed by atoms with Crippen LogP contribution >= 0.6 is 12.2 Å². The summed E-state index contributed by atoms with van der Waals surface area (Å²) in [5.74, 6) is -0.313. The van der Waals surface area contributed by atoms with Crippen LogP contribution in [0.3, 0.4) is 0 Å². The van der Waals surface area contributed by atoms with Gasteiger partial charge >= 0.3 is 0 Å². The predicted octanol–water partition coefficient (Wildman–Crippen LogP) is 3.30. The van der Waals surface area contributed by atoms with E-state index in [9.17, 15) is 8.78 Å². The van der Waals surface area contributed by atoms with Crippen molar-refractivity contribution in [1.82, 2.24) is 9.78 Å². The minimum absolute atomic E-state index is 0.125. The first-order chi connectivity index (χ1) is 12.9. The average Bonchev–Trinajstić information content (AvgIpc) is 2.99. The van der Waals surface area contributed by atoms with Crippen molar-refractivity contribution in [2.45, 2.75) is 26.2 Å². The fraction of sp³-hybridized carbons (Fsp3) is 0.263. The number of nitrogens with zero attached hydrogens (tertiary/aromatic N) is 2. The molecule has 8 heteroatoms. The van der Waals surface area contributed by atoms with Crippen LogP contribution in [0, 0.1) is 16.5 Å². The zero-order valence-electron chi connectivity index (χ0n) is 15.0. The van der Waals surface area contributed by atoms with Gasteiger partial charge < -0.3 is 14.1 Å². The van der Waals surface area contributed by atoms with Gasteiger partial charge in [0.25, 0.3) is 10.7 Å². The molecule has 1 aromatic heterocycles. The van der Waals surface area contributed by atoms with Gasteiger partial charge in [-0.2, -0.15) is 4.68 Å². The third-order valence-electron chi connectivity index (χ3n) is 3.95. The lowest BCUT2D eigenvalue weighted by Gasteiger charge is -2.13. The molecule has 0 amide bonds. The fourth-order valence-corrected chi connectivity index (χ4v) is 2.82. The van der Waals surface area contributed by atoms with Gasteiger partial charge in [0.2, 0.25) is 0 Å². The minimum atomic E-state index is -0.595. The number of halogens is 2. The maximum atomic E-state index is 13.7. The Kier molecular flexibility index (Phi) is 5.98. The van der Waals surface area contributed by atoms with E-state index in [2.05, 4.69) is 5.10 Å². The Labute approximate surface area is 160 Å². The Bertz CT molecular complexity index is 956. The number of aromatic nitrogens is 2. The average molecular weight is 392 g/mol. The Balaban J connectivity index is 1.65. The standard InChI is InChI=1S/C19H19F2N3O2S/c1-13(25-17-6-4-3-5-16(17)21)18-22-24(19(27)26-18)12-23(2)11-14-7-9-15(20)10-8-14/h3-10,13H,11-12H2,1-2H3/p+1/t13-/m1/s1. The second-order valence-electron chi connectivity index (χ2n) is 6.31. The molecular weight excluding hydrogens is 372 g/mol. The van der Waals surface area contributed by atoms with Gasteiger partial charge in [0.05, 0.1) is 7.05 Å². The van der Waals surface area contributed by atoms with Crippen LogP contribution in [-0.4, -0.2) is 16.8 Å². The first-order valence-corrected chi connectivity index (χ1v) is 8.88. The molecule has 0 aliphatic carbocycles. The van der Waals surface area contributed by atoms with E-state index in [-0.39, 0.29) is 22.3 Å². The molecule has 3 aromatic rings. The molecule has 0 saturated carbocycles. The number of quaternary nitrogens is 1. The molecule has 1 heterocycles. The van der Waals surface area contributed by atoms with E-state index in [1.54, 1.807) is 35.9 Å². The van der Waals surface area contributed by atoms with Gasteiger partial charge in [0.1, 0.15) is 12.4 Å². The van der Waals surface area contributed by atoms with Gasteiger partial charge in [-0.25, -0.2) is 8.78 Å². The lowest BCUT2D eigenvalue weighted by Crippen LogP contribution is -3.07. The van der Waals surface area contributed by atoms with E-state index in [4.69, 9.17) is 21.4 Å². The summed E-state index contributed by atoms with van der Waals surface area (Å²) in [7, 11) is 1.97. The van der Waals surface area contributed by atoms with Crippen molar-refractivity contribution in [1.29, 1.82) is 0 Å². The molecule has 2 atom stereocenters. The zero-order valence-corrected chi connectivity index (χ0v) is 15.8. The van der Waals surface area contributed by atoms with Crippen molar-refractivity contribution in [2.75, 3.05) is 7.05 Å². The highest BCUT2D eigenvalue weighted by atomic mass is 32.1. The molecule has 1 unspecified atom stereocenters. The molecule has 0 saturated heterocycles. The van der Waals surface area contributed by atoms with E-state index >= 15 is 0 Å². The number of nitrogens with one attached hydrogen (secondary N) is 1. The van der Waals surface area contributed by atoms with Crippen LogP contribution in [0.15, 0.2) is 52.9 Å². The first kappa shape index (κ1) is 19.2. The second-order valence-corrected chi connectivity index (χ2v) is 6.66. The van der Waals surface area contributed by atoms with Gasteiger partial charge in [-0.15, -0.1) is 5.10 Å². The summed E-state index contributed by atoms with van der Waals surface area (Å²) in [6, 6.07) is 12.5. The summed E-state index contributed by atoms with van der Waals surface area (Å²) in [6.45, 7) is 2.85. The fourth-order valence-electron chi connectivity index (χ4n) is 2.63. The van der Waals surface area contributed by atoms with E-state index in [0.717, 1.165) is 10.5 Å². The lowest BCUT2D eigenvalue weighted by atomic mass is 10.2. The maximum Gasteiger partial charge on any atom is 0.292 e. The van der Waals surface area contributed by atoms with Gasteiger partial charge in [-0.05, 0) is 43.4 Å². The Hall–Kier alpha value is -2.58. The van der Waals surface area contributed by atoms with Crippen LogP contribution in [0.25, 0.3) is 0 Å². The third kappa shape index (κ3) is 4.99. The summed E-state index contributed by atoms with van der Waals surface area (Å²) >= 11 is 5.22. The quantitative estimate of drug-likeness (QED) is 0.627. The molecule has 142 valence electrons. The number of hydrogen-bond donors (Lipinski definition) is 1. The Morgan fingerprint density at radius 2 is 1.89 bits per heavy atom. The second kappa shape index (κ2) is 8.41. The summed E-state index contributed by atoms with van der Waals surface area (Å²) < 4.78 is 39.4. The summed E-state index contributed by atoms with van der Waals surface area (Å²) in [6.07, 6.45) is -0.595. The number of ether oxygens (including phenoxy) is 1. The van der Waals surface area contributed by atoms with Crippen molar-refractivity contribution in [3.63, 3.8) is 0 Å². The molecular formula is C19H20F2N3O2S+. The molecule has 0 aliphatic rings. The van der Waals surface area contributed by atoms with E-state index in [0.29, 0.717) is 13.2 Å². The van der Waals surface area contributed by atoms with Crippen LogP contribution in [0.1, 0.15) is 24.5 Å². The van der Waals surface area contributed by atoms with Gasteiger partial charge in [0.15, 0.2) is 24.3 Å². The SMILES string of the molecule is C[C@@H](Oc1ccccc1F)c1nn(C[NH+](C)Cc2ccc(F)cc2)c(=S)o1. The first-order valence-electron chi connectivity index (χ1n) is 8.47. The van der Waals surface area contributed by atoms with Crippen molar-refractivity contribution in [3.8, 4) is 5.75 Å². The van der Waals surface area contributed by atoms with Crippen LogP contribution in [0.4, 0.5) is 8.78 Å². The van der Waals surface area contributed by atoms with Crippen molar-refractivity contribution in [3.05, 3.63) is 76.5 Å². The summed E-state index contributed by atoms with van der Waals surface area (Å²) in [5, 5.41) is 4.35. The largest absolute Gasteiger partial charge is 0.478 e. The van der Waals surface area contributed by atoms with Crippen LogP contribution in [-0.2, 0) is 13.2 Å². The molecule has 0 bridgehead atoms. The Morgan fingerprint density at radius 1 is 1.19 bits per heavy atom. The van der Waals surface area contributed by atoms with Crippen LogP contribution in [0.2, 0.25) is 0 Å². The van der Waals surface area contributed by atoms with E-state index in [1.807, 2.05) is 7.05 Å². The van der Waals surface area contributed by atoms with Gasteiger partial charge in [0, 0.05) is 5.56 Å².